The number of rotatable bonds is 2. The van der Waals surface area contributed by atoms with Gasteiger partial charge in [0.1, 0.15) is 0 Å². The second-order valence-electron chi connectivity index (χ2n) is 2.14. The molecule has 0 saturated carbocycles. The summed E-state index contributed by atoms with van der Waals surface area (Å²) in [7, 11) is 0. The van der Waals surface area contributed by atoms with Crippen LogP contribution in [0.3, 0.4) is 0 Å². The van der Waals surface area contributed by atoms with E-state index in [1.165, 1.54) is 0 Å². The Bertz CT molecular complexity index is 234. The highest BCUT2D eigenvalue weighted by Crippen LogP contribution is 2.02. The van der Waals surface area contributed by atoms with Gasteiger partial charge in [-0.25, -0.2) is 0 Å². The number of carbonyl (C=O) groups excluding carboxylic acids is 1. The summed E-state index contributed by atoms with van der Waals surface area (Å²) in [4.78, 5) is 14.7. The molecule has 3 nitrogen and oxygen atoms in total. The number of nitrogens with zero attached hydrogens (tertiary/aromatic N) is 1. The highest BCUT2D eigenvalue weighted by atomic mass is 16.1. The fraction of sp³-hybridized carbons (Fsp3) is 0.400. The molecular weight excluding hydrogens is 164 g/mol. The van der Waals surface area contributed by atoms with E-state index in [0.717, 1.165) is 5.69 Å². The average Bonchev–Trinajstić information content (AvgIpc) is 2.22. The minimum atomic E-state index is 0.0120. The molecule has 0 radical (unpaired) electrons. The lowest BCUT2D eigenvalue weighted by Crippen LogP contribution is -2.09. The average molecular weight is 180 g/mol. The monoisotopic (exact) mass is 180 g/mol. The van der Waals surface area contributed by atoms with Crippen molar-refractivity contribution in [3.63, 3.8) is 0 Å². The van der Waals surface area contributed by atoms with Gasteiger partial charge in [0.05, 0.1) is 11.9 Å². The van der Waals surface area contributed by atoms with E-state index < -0.39 is 0 Å². The van der Waals surface area contributed by atoms with Crippen LogP contribution in [-0.4, -0.2) is 10.9 Å². The smallest absolute Gasteiger partial charge is 0.224 e. The number of hydrogen-bond donors (Lipinski definition) is 1. The van der Waals surface area contributed by atoms with Crippen molar-refractivity contribution in [3.8, 4) is 0 Å². The molecule has 1 heterocycles. The van der Waals surface area contributed by atoms with Gasteiger partial charge in [-0.3, -0.25) is 9.78 Å². The fourth-order valence-electron chi connectivity index (χ4n) is 0.686. The maximum absolute atomic E-state index is 10.8. The quantitative estimate of drug-likeness (QED) is 0.759. The summed E-state index contributed by atoms with van der Waals surface area (Å²) < 4.78 is 0. The van der Waals surface area contributed by atoms with Gasteiger partial charge in [0.2, 0.25) is 5.91 Å². The van der Waals surface area contributed by atoms with Gasteiger partial charge < -0.3 is 5.32 Å². The lowest BCUT2D eigenvalue weighted by atomic mass is 10.4. The first kappa shape index (κ1) is 11.6. The summed E-state index contributed by atoms with van der Waals surface area (Å²) >= 11 is 0. The van der Waals surface area contributed by atoms with E-state index >= 15 is 0 Å². The van der Waals surface area contributed by atoms with Crippen LogP contribution in [-0.2, 0) is 4.79 Å². The van der Waals surface area contributed by atoms with Crippen LogP contribution < -0.4 is 5.32 Å². The molecule has 1 N–H and O–H groups in total. The lowest BCUT2D eigenvalue weighted by Gasteiger charge is -2.00. The van der Waals surface area contributed by atoms with Crippen LogP contribution in [0.4, 0.5) is 5.69 Å². The summed E-state index contributed by atoms with van der Waals surface area (Å²) in [6.45, 7) is 5.81. The van der Waals surface area contributed by atoms with Crippen molar-refractivity contribution in [1.29, 1.82) is 0 Å². The first-order valence-corrected chi connectivity index (χ1v) is 4.53. The molecule has 13 heavy (non-hydrogen) atoms. The third-order valence-corrected chi connectivity index (χ3v) is 1.27. The summed E-state index contributed by atoms with van der Waals surface area (Å²) in [5.41, 5.74) is 0.749. The van der Waals surface area contributed by atoms with Crippen LogP contribution in [0.15, 0.2) is 24.5 Å². The molecule has 0 unspecified atom stereocenters. The van der Waals surface area contributed by atoms with Crippen molar-refractivity contribution in [2.45, 2.75) is 27.2 Å². The fourth-order valence-corrected chi connectivity index (χ4v) is 0.686. The molecule has 0 aliphatic heterocycles. The van der Waals surface area contributed by atoms with Crippen molar-refractivity contribution < 1.29 is 4.79 Å². The van der Waals surface area contributed by atoms with Crippen molar-refractivity contribution in [2.24, 2.45) is 0 Å². The molecule has 0 bridgehead atoms. The molecule has 0 atom stereocenters. The Morgan fingerprint density at radius 1 is 1.54 bits per heavy atom. The molecule has 0 aromatic carbocycles. The van der Waals surface area contributed by atoms with Gasteiger partial charge in [-0.2, -0.15) is 0 Å². The number of carbonyl (C=O) groups is 1. The molecule has 1 aromatic heterocycles. The largest absolute Gasteiger partial charge is 0.325 e. The normalized spacial score (nSPS) is 8.23. The molecule has 0 aliphatic rings. The zero-order valence-corrected chi connectivity index (χ0v) is 8.37. The standard InChI is InChI=1S/C8H10N2O.C2H6/c1-2-8(11)10-7-4-3-5-9-6-7;1-2/h3-6H,2H2,1H3,(H,10,11);1-2H3. The second kappa shape index (κ2) is 7.28. The third kappa shape index (κ3) is 4.95. The highest BCUT2D eigenvalue weighted by Gasteiger charge is 1.95. The molecule has 72 valence electrons. The molecule has 0 fully saturated rings. The lowest BCUT2D eigenvalue weighted by molar-refractivity contribution is -0.115. The van der Waals surface area contributed by atoms with Crippen LogP contribution in [0, 0.1) is 0 Å². The van der Waals surface area contributed by atoms with E-state index in [-0.39, 0.29) is 5.91 Å². The van der Waals surface area contributed by atoms with Gasteiger partial charge in [-0.05, 0) is 12.1 Å². The molecular formula is C10H16N2O. The molecule has 1 amide bonds. The molecule has 1 rings (SSSR count). The summed E-state index contributed by atoms with van der Waals surface area (Å²) in [5.74, 6) is 0.0120. The second-order valence-corrected chi connectivity index (χ2v) is 2.14. The summed E-state index contributed by atoms with van der Waals surface area (Å²) in [5, 5.41) is 2.69. The number of amides is 1. The molecule has 3 heteroatoms. The number of hydrogen-bond acceptors (Lipinski definition) is 2. The Morgan fingerprint density at radius 2 is 2.23 bits per heavy atom. The Kier molecular flexibility index (Phi) is 6.51. The van der Waals surface area contributed by atoms with Crippen molar-refractivity contribution >= 4 is 11.6 Å². The minimum Gasteiger partial charge on any atom is -0.325 e. The summed E-state index contributed by atoms with van der Waals surface area (Å²) in [6, 6.07) is 3.59. The number of pyridine rings is 1. The highest BCUT2D eigenvalue weighted by molar-refractivity contribution is 5.90. The van der Waals surface area contributed by atoms with Gasteiger partial charge in [-0.1, -0.05) is 20.8 Å². The van der Waals surface area contributed by atoms with Crippen molar-refractivity contribution in [2.75, 3.05) is 5.32 Å². The number of nitrogens with one attached hydrogen (secondary N) is 1. The predicted octanol–water partition coefficient (Wildman–Crippen LogP) is 2.46. The SMILES string of the molecule is CC.CCC(=O)Nc1cccnc1. The van der Waals surface area contributed by atoms with Crippen LogP contribution in [0.2, 0.25) is 0 Å². The van der Waals surface area contributed by atoms with Gasteiger partial charge in [0.15, 0.2) is 0 Å². The van der Waals surface area contributed by atoms with Gasteiger partial charge in [0.25, 0.3) is 0 Å². The maximum Gasteiger partial charge on any atom is 0.224 e. The third-order valence-electron chi connectivity index (χ3n) is 1.27. The Hall–Kier alpha value is -1.38. The Morgan fingerprint density at radius 3 is 2.69 bits per heavy atom. The molecule has 0 saturated heterocycles. The van der Waals surface area contributed by atoms with E-state index in [0.29, 0.717) is 6.42 Å². The van der Waals surface area contributed by atoms with Crippen LogP contribution in [0.5, 0.6) is 0 Å². The van der Waals surface area contributed by atoms with Gasteiger partial charge >= 0.3 is 0 Å². The van der Waals surface area contributed by atoms with E-state index in [1.807, 2.05) is 20.8 Å². The van der Waals surface area contributed by atoms with E-state index in [1.54, 1.807) is 24.5 Å². The maximum atomic E-state index is 10.8. The molecule has 1 aromatic rings. The number of anilines is 1. The first-order chi connectivity index (χ1) is 6.33. The Labute approximate surface area is 79.2 Å². The van der Waals surface area contributed by atoms with Crippen molar-refractivity contribution in [1.82, 2.24) is 4.98 Å². The predicted molar refractivity (Wildman–Crippen MR) is 54.5 cm³/mol. The van der Waals surface area contributed by atoms with Gasteiger partial charge in [-0.15, -0.1) is 0 Å². The first-order valence-electron chi connectivity index (χ1n) is 4.53. The molecule has 0 spiro atoms. The minimum absolute atomic E-state index is 0.0120. The zero-order chi connectivity index (χ0) is 10.1. The topological polar surface area (TPSA) is 42.0 Å². The van der Waals surface area contributed by atoms with Crippen LogP contribution >= 0.6 is 0 Å². The van der Waals surface area contributed by atoms with Crippen molar-refractivity contribution in [3.05, 3.63) is 24.5 Å². The van der Waals surface area contributed by atoms with E-state index in [9.17, 15) is 4.79 Å². The van der Waals surface area contributed by atoms with Crippen LogP contribution in [0.25, 0.3) is 0 Å². The molecule has 0 aliphatic carbocycles. The van der Waals surface area contributed by atoms with E-state index in [2.05, 4.69) is 10.3 Å². The summed E-state index contributed by atoms with van der Waals surface area (Å²) in [6.07, 6.45) is 3.78. The van der Waals surface area contributed by atoms with E-state index in [4.69, 9.17) is 0 Å². The number of aromatic nitrogens is 1. The van der Waals surface area contributed by atoms with Gasteiger partial charge in [0, 0.05) is 12.6 Å². The van der Waals surface area contributed by atoms with Crippen LogP contribution in [0.1, 0.15) is 27.2 Å². The Balaban J connectivity index is 0.000000671. The zero-order valence-electron chi connectivity index (χ0n) is 8.37.